The summed E-state index contributed by atoms with van der Waals surface area (Å²) in [4.78, 5) is 0. The number of hydrogen-bond donors (Lipinski definition) is 0. The van der Waals surface area contributed by atoms with Crippen LogP contribution in [0, 0.1) is 14.1 Å². The molecule has 0 unspecified atom stereocenters. The first kappa shape index (κ1) is 18.0. The zero-order valence-electron chi connectivity index (χ0n) is 15.2. The van der Waals surface area contributed by atoms with Crippen LogP contribution in [0.4, 0.5) is 0 Å². The fourth-order valence-electron chi connectivity index (χ4n) is 2.93. The first-order valence-corrected chi connectivity index (χ1v) is 10.6. The summed E-state index contributed by atoms with van der Waals surface area (Å²) in [5, 5.41) is 0. The summed E-state index contributed by atoms with van der Waals surface area (Å²) < 4.78 is 8.26. The van der Waals surface area contributed by atoms with Crippen LogP contribution in [-0.2, 0) is 5.41 Å². The van der Waals surface area contributed by atoms with Gasteiger partial charge in [0.2, 0.25) is 0 Å². The molecule has 2 heteroatoms. The minimum absolute atomic E-state index is 0.0344. The number of ether oxygens (including phenoxy) is 1. The van der Waals surface area contributed by atoms with Crippen molar-refractivity contribution in [3.8, 4) is 5.75 Å². The van der Waals surface area contributed by atoms with Crippen LogP contribution in [0.1, 0.15) is 30.5 Å². The van der Waals surface area contributed by atoms with E-state index in [2.05, 4.69) is 93.6 Å². The molecular weight excluding hydrogens is 419 g/mol. The van der Waals surface area contributed by atoms with E-state index in [1.165, 1.54) is 23.8 Å². The van der Waals surface area contributed by atoms with Gasteiger partial charge in [0.25, 0.3) is 0 Å². The molecule has 3 aromatic carbocycles. The maximum atomic E-state index is 5.31. The molecule has 130 valence electrons. The van der Waals surface area contributed by atoms with Gasteiger partial charge in [-0.05, 0) is 0 Å². The summed E-state index contributed by atoms with van der Waals surface area (Å²) in [6.07, 6.45) is 0. The van der Waals surface area contributed by atoms with Gasteiger partial charge in [0, 0.05) is 0 Å². The molecule has 3 rings (SSSR count). The van der Waals surface area contributed by atoms with Gasteiger partial charge in [0.15, 0.2) is 0 Å². The van der Waals surface area contributed by atoms with Crippen LogP contribution in [-0.4, -0.2) is 7.11 Å². The summed E-state index contributed by atoms with van der Waals surface area (Å²) >= 11 is -0.198. The third-order valence-corrected chi connectivity index (χ3v) is 7.44. The van der Waals surface area contributed by atoms with E-state index < -0.39 is 0 Å². The Hall–Kier alpha value is -1.81. The predicted octanol–water partition coefficient (Wildman–Crippen LogP) is 2.46. The van der Waals surface area contributed by atoms with Gasteiger partial charge in [-0.25, -0.2) is 0 Å². The Kier molecular flexibility index (Phi) is 5.48. The van der Waals surface area contributed by atoms with Gasteiger partial charge in [-0.15, -0.1) is 0 Å². The molecule has 0 aliphatic rings. The molecule has 0 spiro atoms. The van der Waals surface area contributed by atoms with Crippen molar-refractivity contribution in [2.75, 3.05) is 7.11 Å². The van der Waals surface area contributed by atoms with Gasteiger partial charge in [0.1, 0.15) is 0 Å². The molecule has 25 heavy (non-hydrogen) atoms. The molecule has 0 saturated carbocycles. The molecule has 0 bridgehead atoms. The number of hydrogen-bond acceptors (Lipinski definition) is 1. The van der Waals surface area contributed by atoms with Crippen LogP contribution in [0.3, 0.4) is 0 Å². The molecule has 0 atom stereocenters. The number of halogens is 1. The van der Waals surface area contributed by atoms with E-state index in [0.29, 0.717) is 0 Å². The van der Waals surface area contributed by atoms with Crippen molar-refractivity contribution in [2.24, 2.45) is 0 Å². The molecule has 0 amide bonds. The van der Waals surface area contributed by atoms with Gasteiger partial charge in [-0.2, -0.15) is 0 Å². The molecule has 0 aliphatic carbocycles. The zero-order valence-corrected chi connectivity index (χ0v) is 17.4. The topological polar surface area (TPSA) is 9.23 Å². The minimum atomic E-state index is -0.198. The van der Waals surface area contributed by atoms with Crippen LogP contribution in [0.2, 0.25) is 0 Å². The van der Waals surface area contributed by atoms with Crippen molar-refractivity contribution in [1.29, 1.82) is 0 Å². The van der Waals surface area contributed by atoms with Crippen LogP contribution in [0.15, 0.2) is 72.8 Å². The van der Waals surface area contributed by atoms with E-state index in [9.17, 15) is 0 Å². The zero-order chi connectivity index (χ0) is 17.9. The van der Waals surface area contributed by atoms with Gasteiger partial charge in [-0.1, -0.05) is 0 Å². The Bertz CT molecular complexity index is 833. The molecule has 0 fully saturated rings. The van der Waals surface area contributed by atoms with E-state index in [0.717, 1.165) is 5.75 Å². The Balaban J connectivity index is 1.96. The Morgan fingerprint density at radius 3 is 2.08 bits per heavy atom. The third kappa shape index (κ3) is 4.06. The summed E-state index contributed by atoms with van der Waals surface area (Å²) in [5.41, 5.74) is 4.02. The predicted molar refractivity (Wildman–Crippen MR) is 100 cm³/mol. The van der Waals surface area contributed by atoms with Gasteiger partial charge >= 0.3 is 162 Å². The van der Waals surface area contributed by atoms with Crippen molar-refractivity contribution in [1.82, 2.24) is 0 Å². The van der Waals surface area contributed by atoms with E-state index in [1.807, 2.05) is 0 Å². The Morgan fingerprint density at radius 2 is 1.44 bits per heavy atom. The van der Waals surface area contributed by atoms with Crippen LogP contribution < -0.4 is 25.9 Å². The second-order valence-corrected chi connectivity index (χ2v) is 9.67. The van der Waals surface area contributed by atoms with Crippen LogP contribution in [0.25, 0.3) is 0 Å². The normalized spacial score (nSPS) is 11.5. The second-order valence-electron chi connectivity index (χ2n) is 6.72. The fraction of sp³-hybridized carbons (Fsp3) is 0.217. The fourth-order valence-corrected chi connectivity index (χ4v) is 5.85. The number of benzene rings is 3. The first-order chi connectivity index (χ1) is 12.0. The number of rotatable bonds is 5. The molecule has 3 aromatic rings. The molecule has 0 heterocycles. The maximum absolute atomic E-state index is 5.31. The molecule has 0 aliphatic heterocycles. The van der Waals surface area contributed by atoms with Crippen LogP contribution in [0.5, 0.6) is 5.75 Å². The van der Waals surface area contributed by atoms with E-state index in [1.54, 1.807) is 7.11 Å². The third-order valence-electron chi connectivity index (χ3n) is 4.58. The summed E-state index contributed by atoms with van der Waals surface area (Å²) in [6, 6.07) is 26.3. The van der Waals surface area contributed by atoms with Gasteiger partial charge in [-0.3, -0.25) is 0 Å². The van der Waals surface area contributed by atoms with E-state index in [-0.39, 0.29) is 26.6 Å². The Labute approximate surface area is 161 Å². The summed E-state index contributed by atoms with van der Waals surface area (Å²) in [5.74, 6) is 0.903. The van der Waals surface area contributed by atoms with Gasteiger partial charge in [0.05, 0.1) is 0 Å². The molecule has 0 radical (unpaired) electrons. The van der Waals surface area contributed by atoms with E-state index in [4.69, 9.17) is 4.74 Å². The molecule has 0 N–H and O–H groups in total. The molecular formula is C23H24IO-. The summed E-state index contributed by atoms with van der Waals surface area (Å²) in [6.45, 7) is 6.77. The second kappa shape index (κ2) is 7.61. The van der Waals surface area contributed by atoms with Crippen molar-refractivity contribution < 1.29 is 25.9 Å². The van der Waals surface area contributed by atoms with Crippen molar-refractivity contribution in [3.63, 3.8) is 0 Å². The van der Waals surface area contributed by atoms with Crippen molar-refractivity contribution >= 4 is 0 Å². The average Bonchev–Trinajstić information content (AvgIpc) is 2.64. The average molecular weight is 443 g/mol. The van der Waals surface area contributed by atoms with E-state index >= 15 is 0 Å². The van der Waals surface area contributed by atoms with Gasteiger partial charge < -0.3 is 0 Å². The standard InChI is InChI=1S/C23H24IO/c1-17-9-13-19(14-10-17)24-22-8-6-5-7-21(22)23(2,3)18-11-15-20(25-4)16-12-18/h5-16H,1-4H3/q-1. The number of methoxy groups -OCH3 is 1. The Morgan fingerprint density at radius 1 is 0.800 bits per heavy atom. The molecule has 1 nitrogen and oxygen atoms in total. The quantitative estimate of drug-likeness (QED) is 0.551. The summed E-state index contributed by atoms with van der Waals surface area (Å²) in [7, 11) is 1.71. The SMILES string of the molecule is COc1ccc(C(C)(C)c2ccccc2[I-]c2ccc(C)cc2)cc1. The molecule has 0 aromatic heterocycles. The van der Waals surface area contributed by atoms with Crippen molar-refractivity contribution in [2.45, 2.75) is 26.2 Å². The number of aryl methyl sites for hydroxylation is 1. The first-order valence-electron chi connectivity index (χ1n) is 8.46. The monoisotopic (exact) mass is 443 g/mol. The molecule has 0 saturated heterocycles. The van der Waals surface area contributed by atoms with Crippen LogP contribution >= 0.6 is 0 Å². The van der Waals surface area contributed by atoms with Crippen molar-refractivity contribution in [3.05, 3.63) is 96.6 Å².